The highest BCUT2D eigenvalue weighted by atomic mass is 16.2. The lowest BCUT2D eigenvalue weighted by Gasteiger charge is -2.32. The number of anilines is 1. The third-order valence-electron chi connectivity index (χ3n) is 4.50. The number of likely N-dealkylation sites (tertiary alicyclic amines) is 1. The second-order valence-electron chi connectivity index (χ2n) is 6.08. The standard InChI is InChI=1S/C18H24N4O/c1-2-17-19-10-13-22(17)14-15-8-11-21(12-9-15)18(23)20-16-6-4-3-5-7-16/h3-7,10,13,15H,2,8-9,11-12,14H2,1H3,(H,20,23). The fourth-order valence-corrected chi connectivity index (χ4v) is 3.14. The monoisotopic (exact) mass is 312 g/mol. The summed E-state index contributed by atoms with van der Waals surface area (Å²) in [5.41, 5.74) is 0.852. The Morgan fingerprint density at radius 1 is 1.26 bits per heavy atom. The molecule has 0 bridgehead atoms. The molecule has 122 valence electrons. The van der Waals surface area contributed by atoms with Gasteiger partial charge in [0.15, 0.2) is 0 Å². The quantitative estimate of drug-likeness (QED) is 0.941. The number of aryl methyl sites for hydroxylation is 1. The molecule has 5 nitrogen and oxygen atoms in total. The number of nitrogens with one attached hydrogen (secondary N) is 1. The maximum absolute atomic E-state index is 12.3. The number of benzene rings is 1. The van der Waals surface area contributed by atoms with Gasteiger partial charge >= 0.3 is 6.03 Å². The van der Waals surface area contributed by atoms with Crippen LogP contribution in [0.3, 0.4) is 0 Å². The molecule has 0 unspecified atom stereocenters. The van der Waals surface area contributed by atoms with E-state index >= 15 is 0 Å². The van der Waals surface area contributed by atoms with Crippen LogP contribution in [0, 0.1) is 5.92 Å². The van der Waals surface area contributed by atoms with E-state index in [1.54, 1.807) is 0 Å². The molecule has 2 aromatic rings. The highest BCUT2D eigenvalue weighted by molar-refractivity contribution is 5.89. The van der Waals surface area contributed by atoms with Gasteiger partial charge in [0.2, 0.25) is 0 Å². The SMILES string of the molecule is CCc1nccn1CC1CCN(C(=O)Nc2ccccc2)CC1. The highest BCUT2D eigenvalue weighted by Gasteiger charge is 2.23. The molecule has 1 saturated heterocycles. The lowest BCUT2D eigenvalue weighted by Crippen LogP contribution is -2.41. The number of carbonyl (C=O) groups excluding carboxylic acids is 1. The van der Waals surface area contributed by atoms with Crippen molar-refractivity contribution >= 4 is 11.7 Å². The van der Waals surface area contributed by atoms with Crippen LogP contribution in [0.4, 0.5) is 10.5 Å². The van der Waals surface area contributed by atoms with Gasteiger partial charge in [0.25, 0.3) is 0 Å². The first-order valence-corrected chi connectivity index (χ1v) is 8.37. The van der Waals surface area contributed by atoms with Crippen LogP contribution in [0.25, 0.3) is 0 Å². The molecule has 5 heteroatoms. The summed E-state index contributed by atoms with van der Waals surface area (Å²) in [4.78, 5) is 18.6. The van der Waals surface area contributed by atoms with Gasteiger partial charge in [-0.25, -0.2) is 9.78 Å². The average molecular weight is 312 g/mol. The van der Waals surface area contributed by atoms with Crippen LogP contribution in [0.15, 0.2) is 42.7 Å². The van der Waals surface area contributed by atoms with Crippen LogP contribution >= 0.6 is 0 Å². The van der Waals surface area contributed by atoms with Crippen LogP contribution in [-0.2, 0) is 13.0 Å². The number of hydrogen-bond acceptors (Lipinski definition) is 2. The number of hydrogen-bond donors (Lipinski definition) is 1. The lowest BCUT2D eigenvalue weighted by molar-refractivity contribution is 0.176. The van der Waals surface area contributed by atoms with Crippen LogP contribution in [0.1, 0.15) is 25.6 Å². The van der Waals surface area contributed by atoms with Crippen molar-refractivity contribution in [1.29, 1.82) is 0 Å². The summed E-state index contributed by atoms with van der Waals surface area (Å²) in [6.45, 7) is 4.78. The van der Waals surface area contributed by atoms with Gasteiger partial charge in [-0.3, -0.25) is 0 Å². The predicted octanol–water partition coefficient (Wildman–Crippen LogP) is 3.39. The van der Waals surface area contributed by atoms with E-state index in [-0.39, 0.29) is 6.03 Å². The summed E-state index contributed by atoms with van der Waals surface area (Å²) in [5, 5.41) is 2.96. The van der Waals surface area contributed by atoms with Crippen LogP contribution in [0.2, 0.25) is 0 Å². The minimum atomic E-state index is 0.00604. The van der Waals surface area contributed by atoms with Crippen molar-refractivity contribution in [2.75, 3.05) is 18.4 Å². The molecule has 1 aliphatic heterocycles. The molecule has 2 amide bonds. The van der Waals surface area contributed by atoms with Crippen LogP contribution in [-0.4, -0.2) is 33.6 Å². The van der Waals surface area contributed by atoms with Crippen molar-refractivity contribution in [3.63, 3.8) is 0 Å². The number of rotatable bonds is 4. The van der Waals surface area contributed by atoms with Gasteiger partial charge in [0.05, 0.1) is 0 Å². The molecular formula is C18H24N4O. The number of imidazole rings is 1. The van der Waals surface area contributed by atoms with Crippen molar-refractivity contribution in [2.24, 2.45) is 5.92 Å². The van der Waals surface area contributed by atoms with Crippen molar-refractivity contribution in [1.82, 2.24) is 14.5 Å². The zero-order valence-corrected chi connectivity index (χ0v) is 13.6. The van der Waals surface area contributed by atoms with Crippen LogP contribution in [0.5, 0.6) is 0 Å². The van der Waals surface area contributed by atoms with Crippen molar-refractivity contribution in [2.45, 2.75) is 32.7 Å². The highest BCUT2D eigenvalue weighted by Crippen LogP contribution is 2.20. The van der Waals surface area contributed by atoms with E-state index in [9.17, 15) is 4.79 Å². The van der Waals surface area contributed by atoms with Gasteiger partial charge in [-0.15, -0.1) is 0 Å². The first kappa shape index (κ1) is 15.6. The predicted molar refractivity (Wildman–Crippen MR) is 91.4 cm³/mol. The molecule has 2 heterocycles. The Hall–Kier alpha value is -2.30. The summed E-state index contributed by atoms with van der Waals surface area (Å²) >= 11 is 0. The molecule has 0 radical (unpaired) electrons. The van der Waals surface area contributed by atoms with Gasteiger partial charge in [-0.1, -0.05) is 25.1 Å². The molecule has 1 N–H and O–H groups in total. The first-order chi connectivity index (χ1) is 11.3. The number of aromatic nitrogens is 2. The minimum absolute atomic E-state index is 0.00604. The van der Waals surface area contributed by atoms with E-state index in [0.29, 0.717) is 5.92 Å². The van der Waals surface area contributed by atoms with Crippen molar-refractivity contribution in [3.8, 4) is 0 Å². The molecule has 0 saturated carbocycles. The number of nitrogens with zero attached hydrogens (tertiary/aromatic N) is 3. The molecule has 1 fully saturated rings. The van der Waals surface area contributed by atoms with E-state index in [4.69, 9.17) is 0 Å². The second kappa shape index (κ2) is 7.31. The van der Waals surface area contributed by atoms with Crippen molar-refractivity contribution < 1.29 is 4.79 Å². The molecule has 0 atom stereocenters. The van der Waals surface area contributed by atoms with Gasteiger partial charge < -0.3 is 14.8 Å². The molecule has 0 spiro atoms. The molecule has 1 aromatic carbocycles. The van der Waals surface area contributed by atoms with Crippen molar-refractivity contribution in [3.05, 3.63) is 48.5 Å². The van der Waals surface area contributed by atoms with Gasteiger partial charge in [0.1, 0.15) is 5.82 Å². The third kappa shape index (κ3) is 3.92. The molecular weight excluding hydrogens is 288 g/mol. The lowest BCUT2D eigenvalue weighted by atomic mass is 9.97. The van der Waals surface area contributed by atoms with E-state index in [0.717, 1.165) is 50.4 Å². The molecule has 0 aliphatic carbocycles. The number of para-hydroxylation sites is 1. The van der Waals surface area contributed by atoms with Gasteiger partial charge in [-0.05, 0) is 30.9 Å². The molecule has 3 rings (SSSR count). The summed E-state index contributed by atoms with van der Waals surface area (Å²) in [6, 6.07) is 9.64. The summed E-state index contributed by atoms with van der Waals surface area (Å²) < 4.78 is 2.25. The fraction of sp³-hybridized carbons (Fsp3) is 0.444. The molecule has 1 aromatic heterocycles. The number of carbonyl (C=O) groups is 1. The van der Waals surface area contributed by atoms with Gasteiger partial charge in [-0.2, -0.15) is 0 Å². The summed E-state index contributed by atoms with van der Waals surface area (Å²) in [6.07, 6.45) is 6.99. The number of amides is 2. The summed E-state index contributed by atoms with van der Waals surface area (Å²) in [5.74, 6) is 1.77. The Morgan fingerprint density at radius 2 is 2.00 bits per heavy atom. The smallest absolute Gasteiger partial charge is 0.321 e. The normalized spacial score (nSPS) is 15.6. The topological polar surface area (TPSA) is 50.2 Å². The van der Waals surface area contributed by atoms with E-state index in [1.165, 1.54) is 0 Å². The molecule has 23 heavy (non-hydrogen) atoms. The zero-order chi connectivity index (χ0) is 16.1. The Bertz CT molecular complexity index is 629. The Kier molecular flexibility index (Phi) is 4.95. The maximum Gasteiger partial charge on any atom is 0.321 e. The maximum atomic E-state index is 12.3. The third-order valence-corrected chi connectivity index (χ3v) is 4.50. The van der Waals surface area contributed by atoms with Crippen LogP contribution < -0.4 is 5.32 Å². The fourth-order valence-electron chi connectivity index (χ4n) is 3.14. The van der Waals surface area contributed by atoms with E-state index < -0.39 is 0 Å². The Morgan fingerprint density at radius 3 is 2.70 bits per heavy atom. The average Bonchev–Trinajstić information content (AvgIpc) is 3.03. The summed E-state index contributed by atoms with van der Waals surface area (Å²) in [7, 11) is 0. The zero-order valence-electron chi connectivity index (χ0n) is 13.6. The minimum Gasteiger partial charge on any atom is -0.335 e. The van der Waals surface area contributed by atoms with E-state index in [1.807, 2.05) is 41.4 Å². The molecule has 1 aliphatic rings. The Balaban J connectivity index is 1.49. The first-order valence-electron chi connectivity index (χ1n) is 8.37. The largest absolute Gasteiger partial charge is 0.335 e. The van der Waals surface area contributed by atoms with E-state index in [2.05, 4.69) is 28.0 Å². The van der Waals surface area contributed by atoms with Gasteiger partial charge in [0, 0.05) is 44.1 Å². The second-order valence-corrected chi connectivity index (χ2v) is 6.08. The number of urea groups is 1. The number of piperidine rings is 1. The Labute approximate surface area is 137 Å².